The maximum atomic E-state index is 5.79. The zero-order valence-corrected chi connectivity index (χ0v) is 19.1. The number of imidazole rings is 1. The van der Waals surface area contributed by atoms with Gasteiger partial charge in [-0.15, -0.1) is 24.0 Å². The minimum Gasteiger partial charge on any atom is -0.492 e. The summed E-state index contributed by atoms with van der Waals surface area (Å²) < 4.78 is 7.97. The molecule has 0 aliphatic heterocycles. The molecule has 0 radical (unpaired) electrons. The molecule has 27 heavy (non-hydrogen) atoms. The predicted molar refractivity (Wildman–Crippen MR) is 122 cm³/mol. The summed E-state index contributed by atoms with van der Waals surface area (Å²) in [5.74, 6) is 2.88. The van der Waals surface area contributed by atoms with Crippen LogP contribution in [0.25, 0.3) is 0 Å². The van der Waals surface area contributed by atoms with Gasteiger partial charge in [0, 0.05) is 39.6 Å². The van der Waals surface area contributed by atoms with Crippen LogP contribution in [0.1, 0.15) is 24.2 Å². The number of nitrogens with zero attached hydrogens (tertiary/aromatic N) is 4. The summed E-state index contributed by atoms with van der Waals surface area (Å²) in [5.41, 5.74) is 1.24. The second-order valence-corrected chi connectivity index (χ2v) is 6.43. The van der Waals surface area contributed by atoms with Crippen molar-refractivity contribution in [2.24, 2.45) is 4.99 Å². The summed E-state index contributed by atoms with van der Waals surface area (Å²) in [4.78, 5) is 10.7. The largest absolute Gasteiger partial charge is 0.492 e. The van der Waals surface area contributed by atoms with Crippen LogP contribution >= 0.6 is 24.0 Å². The highest BCUT2D eigenvalue weighted by Gasteiger charge is 2.05. The first-order chi connectivity index (χ1) is 12.6. The van der Waals surface area contributed by atoms with Crippen molar-refractivity contribution in [3.8, 4) is 5.75 Å². The van der Waals surface area contributed by atoms with E-state index in [9.17, 15) is 0 Å². The van der Waals surface area contributed by atoms with Gasteiger partial charge in [-0.2, -0.15) is 0 Å². The normalized spacial score (nSPS) is 11.0. The van der Waals surface area contributed by atoms with E-state index in [0.717, 1.165) is 50.0 Å². The van der Waals surface area contributed by atoms with Crippen molar-refractivity contribution in [3.63, 3.8) is 0 Å². The third kappa shape index (κ3) is 8.19. The molecule has 1 heterocycles. The summed E-state index contributed by atoms with van der Waals surface area (Å²) >= 11 is 0. The van der Waals surface area contributed by atoms with Gasteiger partial charge in [0.25, 0.3) is 0 Å². The number of unbranched alkanes of at least 4 members (excludes halogenated alkanes) is 1. The second-order valence-electron chi connectivity index (χ2n) is 6.43. The third-order valence-corrected chi connectivity index (χ3v) is 4.32. The first-order valence-corrected chi connectivity index (χ1v) is 9.19. The number of halogens is 1. The Morgan fingerprint density at radius 2 is 1.96 bits per heavy atom. The average molecular weight is 485 g/mol. The maximum Gasteiger partial charge on any atom is 0.193 e. The van der Waals surface area contributed by atoms with E-state index >= 15 is 0 Å². The van der Waals surface area contributed by atoms with Crippen LogP contribution < -0.4 is 10.1 Å². The molecule has 0 atom stereocenters. The standard InChI is InChI=1S/C20H31N5O.HI/c1-17-7-9-19(10-8-17)26-16-15-24(4)20(21-3)23-11-5-6-13-25-14-12-22-18(25)2;/h7-10,12,14H,5-6,11,13,15-16H2,1-4H3,(H,21,23);1H. The molecule has 0 spiro atoms. The van der Waals surface area contributed by atoms with Gasteiger partial charge in [0.05, 0.1) is 6.54 Å². The molecular formula is C20H32IN5O. The highest BCUT2D eigenvalue weighted by molar-refractivity contribution is 14.0. The smallest absolute Gasteiger partial charge is 0.193 e. The van der Waals surface area contributed by atoms with Crippen molar-refractivity contribution in [2.45, 2.75) is 33.2 Å². The second kappa shape index (κ2) is 12.6. The molecule has 1 aromatic carbocycles. The fourth-order valence-electron chi connectivity index (χ4n) is 2.67. The van der Waals surface area contributed by atoms with E-state index in [0.29, 0.717) is 6.61 Å². The van der Waals surface area contributed by atoms with Gasteiger partial charge in [0.15, 0.2) is 5.96 Å². The maximum absolute atomic E-state index is 5.79. The summed E-state index contributed by atoms with van der Waals surface area (Å²) in [6, 6.07) is 8.13. The number of nitrogens with one attached hydrogen (secondary N) is 1. The molecule has 0 saturated carbocycles. The van der Waals surface area contributed by atoms with E-state index in [1.165, 1.54) is 5.56 Å². The molecule has 7 heteroatoms. The van der Waals surface area contributed by atoms with Crippen molar-refractivity contribution in [1.29, 1.82) is 0 Å². The quantitative estimate of drug-likeness (QED) is 0.256. The van der Waals surface area contributed by atoms with E-state index in [1.54, 1.807) is 0 Å². The fourth-order valence-corrected chi connectivity index (χ4v) is 2.67. The molecular weight excluding hydrogens is 453 g/mol. The molecule has 0 bridgehead atoms. The number of rotatable bonds is 9. The molecule has 2 rings (SSSR count). The monoisotopic (exact) mass is 485 g/mol. The number of hydrogen-bond donors (Lipinski definition) is 1. The number of hydrogen-bond acceptors (Lipinski definition) is 3. The van der Waals surface area contributed by atoms with Crippen LogP contribution in [0, 0.1) is 13.8 Å². The Morgan fingerprint density at radius 3 is 2.59 bits per heavy atom. The van der Waals surface area contributed by atoms with E-state index in [-0.39, 0.29) is 24.0 Å². The molecule has 6 nitrogen and oxygen atoms in total. The van der Waals surface area contributed by atoms with Crippen LogP contribution in [0.4, 0.5) is 0 Å². The SMILES string of the molecule is CN=C(NCCCCn1ccnc1C)N(C)CCOc1ccc(C)cc1.I. The van der Waals surface area contributed by atoms with Crippen molar-refractivity contribution in [1.82, 2.24) is 19.8 Å². The number of aliphatic imine (C=N–C) groups is 1. The average Bonchev–Trinajstić information content (AvgIpc) is 3.04. The van der Waals surface area contributed by atoms with E-state index < -0.39 is 0 Å². The molecule has 0 aliphatic rings. The number of likely N-dealkylation sites (N-methyl/N-ethyl adjacent to an activating group) is 1. The molecule has 0 amide bonds. The summed E-state index contributed by atoms with van der Waals surface area (Å²) in [5, 5.41) is 3.42. The Balaban J connectivity index is 0.00000364. The number of aryl methyl sites for hydroxylation is 3. The lowest BCUT2D eigenvalue weighted by Gasteiger charge is -2.22. The van der Waals surface area contributed by atoms with Crippen LogP contribution in [-0.2, 0) is 6.54 Å². The van der Waals surface area contributed by atoms with Gasteiger partial charge < -0.3 is 19.5 Å². The van der Waals surface area contributed by atoms with Crippen molar-refractivity contribution in [2.75, 3.05) is 33.8 Å². The first kappa shape index (κ1) is 23.3. The molecule has 150 valence electrons. The van der Waals surface area contributed by atoms with Gasteiger partial charge in [0.2, 0.25) is 0 Å². The van der Waals surface area contributed by atoms with Crippen molar-refractivity contribution in [3.05, 3.63) is 48.0 Å². The van der Waals surface area contributed by atoms with Crippen molar-refractivity contribution >= 4 is 29.9 Å². The van der Waals surface area contributed by atoms with E-state index in [1.807, 2.05) is 45.5 Å². The zero-order chi connectivity index (χ0) is 18.8. The Bertz CT molecular complexity index is 684. The van der Waals surface area contributed by atoms with Crippen LogP contribution in [0.2, 0.25) is 0 Å². The molecule has 0 unspecified atom stereocenters. The Labute approximate surface area is 180 Å². The Kier molecular flexibility index (Phi) is 10.8. The van der Waals surface area contributed by atoms with Gasteiger partial charge in [-0.3, -0.25) is 4.99 Å². The lowest BCUT2D eigenvalue weighted by molar-refractivity contribution is 0.281. The highest BCUT2D eigenvalue weighted by Crippen LogP contribution is 2.11. The Hall–Kier alpha value is -1.77. The minimum atomic E-state index is 0. The molecule has 1 aromatic heterocycles. The van der Waals surface area contributed by atoms with Gasteiger partial charge in [-0.1, -0.05) is 17.7 Å². The lowest BCUT2D eigenvalue weighted by Crippen LogP contribution is -2.41. The molecule has 0 aliphatic carbocycles. The number of guanidine groups is 1. The number of benzene rings is 1. The van der Waals surface area contributed by atoms with Crippen molar-refractivity contribution < 1.29 is 4.74 Å². The van der Waals surface area contributed by atoms with E-state index in [4.69, 9.17) is 4.74 Å². The summed E-state index contributed by atoms with van der Waals surface area (Å²) in [6.45, 7) is 7.43. The number of aromatic nitrogens is 2. The minimum absolute atomic E-state index is 0. The van der Waals surface area contributed by atoms with Gasteiger partial charge in [0.1, 0.15) is 18.2 Å². The molecule has 0 saturated heterocycles. The molecule has 0 fully saturated rings. The fraction of sp³-hybridized carbons (Fsp3) is 0.500. The highest BCUT2D eigenvalue weighted by atomic mass is 127. The van der Waals surface area contributed by atoms with Crippen LogP contribution in [-0.4, -0.2) is 54.2 Å². The topological polar surface area (TPSA) is 54.7 Å². The Morgan fingerprint density at radius 1 is 1.22 bits per heavy atom. The zero-order valence-electron chi connectivity index (χ0n) is 16.8. The summed E-state index contributed by atoms with van der Waals surface area (Å²) in [7, 11) is 3.84. The molecule has 2 aromatic rings. The summed E-state index contributed by atoms with van der Waals surface area (Å²) in [6.07, 6.45) is 6.08. The van der Waals surface area contributed by atoms with Crippen LogP contribution in [0.5, 0.6) is 5.75 Å². The van der Waals surface area contributed by atoms with Crippen LogP contribution in [0.15, 0.2) is 41.7 Å². The predicted octanol–water partition coefficient (Wildman–Crippen LogP) is 3.48. The van der Waals surface area contributed by atoms with Crippen LogP contribution in [0.3, 0.4) is 0 Å². The lowest BCUT2D eigenvalue weighted by atomic mass is 10.2. The van der Waals surface area contributed by atoms with E-state index in [2.05, 4.69) is 43.8 Å². The van der Waals surface area contributed by atoms with Gasteiger partial charge in [-0.05, 0) is 38.8 Å². The molecule has 1 N–H and O–H groups in total. The number of ether oxygens (including phenoxy) is 1. The third-order valence-electron chi connectivity index (χ3n) is 4.32. The first-order valence-electron chi connectivity index (χ1n) is 9.19. The van der Waals surface area contributed by atoms with Gasteiger partial charge in [-0.25, -0.2) is 4.98 Å². The van der Waals surface area contributed by atoms with Gasteiger partial charge >= 0.3 is 0 Å².